The summed E-state index contributed by atoms with van der Waals surface area (Å²) in [6.07, 6.45) is 3.72. The average molecular weight is 343 g/mol. The van der Waals surface area contributed by atoms with Crippen LogP contribution in [0, 0.1) is 0 Å². The number of amides is 1. The third-order valence-electron chi connectivity index (χ3n) is 4.03. The maximum atomic E-state index is 12.5. The first kappa shape index (κ1) is 17.1. The summed E-state index contributed by atoms with van der Waals surface area (Å²) in [6, 6.07) is 9.56. The van der Waals surface area contributed by atoms with Crippen molar-refractivity contribution in [3.05, 3.63) is 48.4 Å². The zero-order valence-electron chi connectivity index (χ0n) is 14.1. The fraction of sp³-hybridized carbons (Fsp3) is 0.368. The molecule has 0 N–H and O–H groups in total. The van der Waals surface area contributed by atoms with Gasteiger partial charge in [-0.2, -0.15) is 0 Å². The van der Waals surface area contributed by atoms with Crippen LogP contribution in [0.3, 0.4) is 0 Å². The summed E-state index contributed by atoms with van der Waals surface area (Å²) in [6.45, 7) is 3.20. The van der Waals surface area contributed by atoms with Gasteiger partial charge < -0.3 is 18.8 Å². The van der Waals surface area contributed by atoms with Gasteiger partial charge in [0.05, 0.1) is 12.9 Å². The molecule has 0 bridgehead atoms. The van der Waals surface area contributed by atoms with Crippen molar-refractivity contribution in [2.75, 3.05) is 13.2 Å². The molecule has 1 atom stereocenters. The molecule has 1 unspecified atom stereocenters. The molecule has 2 heterocycles. The molecule has 1 saturated heterocycles. The first-order valence-corrected chi connectivity index (χ1v) is 8.48. The van der Waals surface area contributed by atoms with E-state index in [1.54, 1.807) is 36.4 Å². The Bertz CT molecular complexity index is 708. The molecule has 1 aromatic carbocycles. The Morgan fingerprint density at radius 1 is 1.20 bits per heavy atom. The third kappa shape index (κ3) is 4.02. The summed E-state index contributed by atoms with van der Waals surface area (Å²) in [4.78, 5) is 26.4. The molecule has 25 heavy (non-hydrogen) atoms. The van der Waals surface area contributed by atoms with Crippen LogP contribution in [-0.4, -0.2) is 36.0 Å². The number of furan rings is 1. The lowest BCUT2D eigenvalue weighted by atomic mass is 10.2. The Hall–Kier alpha value is -2.76. The van der Waals surface area contributed by atoms with E-state index in [-0.39, 0.29) is 11.7 Å². The molecule has 0 radical (unpaired) electrons. The van der Waals surface area contributed by atoms with Crippen molar-refractivity contribution in [1.29, 1.82) is 0 Å². The second-order valence-electron chi connectivity index (χ2n) is 5.87. The summed E-state index contributed by atoms with van der Waals surface area (Å²) in [5, 5.41) is 0. The Labute approximate surface area is 146 Å². The lowest BCUT2D eigenvalue weighted by Crippen LogP contribution is -2.42. The van der Waals surface area contributed by atoms with E-state index >= 15 is 0 Å². The number of ether oxygens (including phenoxy) is 2. The third-order valence-corrected chi connectivity index (χ3v) is 4.03. The molecule has 1 amide bonds. The zero-order chi connectivity index (χ0) is 17.6. The summed E-state index contributed by atoms with van der Waals surface area (Å²) in [5.41, 5.74) is 0. The van der Waals surface area contributed by atoms with E-state index in [0.717, 1.165) is 18.6 Å². The molecule has 1 aromatic heterocycles. The zero-order valence-corrected chi connectivity index (χ0v) is 14.1. The second-order valence-corrected chi connectivity index (χ2v) is 5.87. The van der Waals surface area contributed by atoms with Gasteiger partial charge in [-0.3, -0.25) is 4.79 Å². The maximum absolute atomic E-state index is 12.5. The van der Waals surface area contributed by atoms with Crippen molar-refractivity contribution < 1.29 is 23.5 Å². The molecule has 1 aliphatic rings. The van der Waals surface area contributed by atoms with Gasteiger partial charge in [0.25, 0.3) is 5.91 Å². The van der Waals surface area contributed by atoms with E-state index < -0.39 is 12.0 Å². The van der Waals surface area contributed by atoms with Gasteiger partial charge in [-0.25, -0.2) is 4.79 Å². The summed E-state index contributed by atoms with van der Waals surface area (Å²) in [7, 11) is 0. The minimum absolute atomic E-state index is 0.233. The summed E-state index contributed by atoms with van der Waals surface area (Å²) in [5.74, 6) is 0.688. The minimum atomic E-state index is -0.589. The van der Waals surface area contributed by atoms with Crippen LogP contribution < -0.4 is 9.47 Å². The van der Waals surface area contributed by atoms with Crippen LogP contribution in [0.25, 0.3) is 0 Å². The standard InChI is InChI=1S/C19H21NO5/c1-2-12-23-14-7-9-15(10-8-14)25-19(22)16-5-3-11-20(16)18(21)17-6-4-13-24-17/h4,6-10,13,16H,2-3,5,11-12H2,1H3. The Balaban J connectivity index is 1.63. The van der Waals surface area contributed by atoms with Gasteiger partial charge in [-0.15, -0.1) is 0 Å². The molecule has 3 rings (SSSR count). The van der Waals surface area contributed by atoms with E-state index in [4.69, 9.17) is 13.9 Å². The van der Waals surface area contributed by atoms with Crippen molar-refractivity contribution in [3.8, 4) is 11.5 Å². The number of benzene rings is 1. The molecular weight excluding hydrogens is 322 g/mol. The van der Waals surface area contributed by atoms with E-state index in [9.17, 15) is 9.59 Å². The van der Waals surface area contributed by atoms with Crippen LogP contribution in [0.4, 0.5) is 0 Å². The highest BCUT2D eigenvalue weighted by atomic mass is 16.5. The fourth-order valence-corrected chi connectivity index (χ4v) is 2.80. The van der Waals surface area contributed by atoms with Gasteiger partial charge in [-0.05, 0) is 55.7 Å². The van der Waals surface area contributed by atoms with Crippen molar-refractivity contribution >= 4 is 11.9 Å². The lowest BCUT2D eigenvalue weighted by molar-refractivity contribution is -0.138. The quantitative estimate of drug-likeness (QED) is 0.595. The molecule has 2 aromatic rings. The average Bonchev–Trinajstić information content (AvgIpc) is 3.32. The van der Waals surface area contributed by atoms with Gasteiger partial charge in [0.15, 0.2) is 5.76 Å². The number of hydrogen-bond donors (Lipinski definition) is 0. The molecule has 0 aliphatic carbocycles. The number of rotatable bonds is 6. The largest absolute Gasteiger partial charge is 0.494 e. The first-order chi connectivity index (χ1) is 12.2. The smallest absolute Gasteiger partial charge is 0.334 e. The molecule has 0 saturated carbocycles. The van der Waals surface area contributed by atoms with Crippen LogP contribution in [0.5, 0.6) is 11.5 Å². The van der Waals surface area contributed by atoms with Crippen LogP contribution >= 0.6 is 0 Å². The second kappa shape index (κ2) is 7.88. The van der Waals surface area contributed by atoms with E-state index in [1.165, 1.54) is 11.2 Å². The number of carbonyl (C=O) groups excluding carboxylic acids is 2. The van der Waals surface area contributed by atoms with E-state index in [2.05, 4.69) is 0 Å². The van der Waals surface area contributed by atoms with Crippen molar-refractivity contribution in [3.63, 3.8) is 0 Å². The van der Waals surface area contributed by atoms with E-state index in [1.807, 2.05) is 6.92 Å². The number of likely N-dealkylation sites (tertiary alicyclic amines) is 1. The highest BCUT2D eigenvalue weighted by Crippen LogP contribution is 2.24. The Morgan fingerprint density at radius 2 is 1.96 bits per heavy atom. The molecule has 6 heteroatoms. The molecule has 6 nitrogen and oxygen atoms in total. The van der Waals surface area contributed by atoms with Gasteiger partial charge in [-0.1, -0.05) is 6.92 Å². The van der Waals surface area contributed by atoms with Crippen LogP contribution in [-0.2, 0) is 4.79 Å². The van der Waals surface area contributed by atoms with Crippen LogP contribution in [0.15, 0.2) is 47.1 Å². The summed E-state index contributed by atoms with van der Waals surface area (Å²) < 4.78 is 16.1. The topological polar surface area (TPSA) is 69.0 Å². The van der Waals surface area contributed by atoms with Crippen LogP contribution in [0.1, 0.15) is 36.7 Å². The molecule has 132 valence electrons. The number of nitrogens with zero attached hydrogens (tertiary/aromatic N) is 1. The normalized spacial score (nSPS) is 16.7. The van der Waals surface area contributed by atoms with Crippen molar-refractivity contribution in [2.45, 2.75) is 32.2 Å². The highest BCUT2D eigenvalue weighted by molar-refractivity contribution is 5.95. The molecule has 0 spiro atoms. The molecule has 1 aliphatic heterocycles. The number of hydrogen-bond acceptors (Lipinski definition) is 5. The van der Waals surface area contributed by atoms with E-state index in [0.29, 0.717) is 25.3 Å². The first-order valence-electron chi connectivity index (χ1n) is 8.48. The lowest BCUT2D eigenvalue weighted by Gasteiger charge is -2.22. The van der Waals surface area contributed by atoms with Crippen molar-refractivity contribution in [1.82, 2.24) is 4.90 Å². The number of esters is 1. The SMILES string of the molecule is CCCOc1ccc(OC(=O)C2CCCN2C(=O)c2ccco2)cc1. The Kier molecular flexibility index (Phi) is 5.38. The predicted octanol–water partition coefficient (Wildman–Crippen LogP) is 3.28. The number of carbonyl (C=O) groups is 2. The van der Waals surface area contributed by atoms with Gasteiger partial charge in [0.1, 0.15) is 17.5 Å². The van der Waals surface area contributed by atoms with Gasteiger partial charge in [0, 0.05) is 6.54 Å². The molecule has 1 fully saturated rings. The maximum Gasteiger partial charge on any atom is 0.334 e. The fourth-order valence-electron chi connectivity index (χ4n) is 2.80. The predicted molar refractivity (Wildman–Crippen MR) is 90.6 cm³/mol. The minimum Gasteiger partial charge on any atom is -0.494 e. The molecular formula is C19H21NO5. The highest BCUT2D eigenvalue weighted by Gasteiger charge is 2.36. The van der Waals surface area contributed by atoms with Crippen LogP contribution in [0.2, 0.25) is 0 Å². The summed E-state index contributed by atoms with van der Waals surface area (Å²) >= 11 is 0. The Morgan fingerprint density at radius 3 is 2.64 bits per heavy atom. The van der Waals surface area contributed by atoms with Gasteiger partial charge >= 0.3 is 5.97 Å². The van der Waals surface area contributed by atoms with Crippen molar-refractivity contribution in [2.24, 2.45) is 0 Å². The monoisotopic (exact) mass is 343 g/mol. The van der Waals surface area contributed by atoms with Gasteiger partial charge in [0.2, 0.25) is 0 Å².